The van der Waals surface area contributed by atoms with Gasteiger partial charge in [0, 0.05) is 17.7 Å². The predicted octanol–water partition coefficient (Wildman–Crippen LogP) is 3.98. The molecular formula is C28H23N3O7S. The Bertz CT molecular complexity index is 1810. The van der Waals surface area contributed by atoms with Crippen LogP contribution in [0.2, 0.25) is 0 Å². The summed E-state index contributed by atoms with van der Waals surface area (Å²) in [6.45, 7) is 3.58. The number of thiazole rings is 1. The molecular weight excluding hydrogens is 522 g/mol. The van der Waals surface area contributed by atoms with E-state index in [0.29, 0.717) is 43.4 Å². The summed E-state index contributed by atoms with van der Waals surface area (Å²) >= 11 is 1.15. The number of fused-ring (bicyclic) bond motifs is 1. The number of para-hydroxylation sites is 2. The van der Waals surface area contributed by atoms with Crippen LogP contribution in [0.4, 0.5) is 5.69 Å². The van der Waals surface area contributed by atoms with E-state index in [2.05, 4.69) is 4.99 Å². The first-order chi connectivity index (χ1) is 18.8. The third kappa shape index (κ3) is 4.68. The molecule has 11 heteroatoms. The molecule has 1 aliphatic rings. The van der Waals surface area contributed by atoms with Crippen LogP contribution in [0.3, 0.4) is 0 Å². The van der Waals surface area contributed by atoms with Crippen molar-refractivity contribution in [2.75, 3.05) is 13.7 Å². The topological polar surface area (TPSA) is 126 Å². The third-order valence-corrected chi connectivity index (χ3v) is 7.20. The molecule has 5 rings (SSSR count). The van der Waals surface area contributed by atoms with Crippen LogP contribution in [-0.4, -0.2) is 29.2 Å². The second-order valence-electron chi connectivity index (χ2n) is 8.52. The van der Waals surface area contributed by atoms with Crippen molar-refractivity contribution < 1.29 is 23.6 Å². The maximum atomic E-state index is 13.8. The van der Waals surface area contributed by atoms with Gasteiger partial charge in [0.15, 0.2) is 4.80 Å². The maximum Gasteiger partial charge on any atom is 0.338 e. The van der Waals surface area contributed by atoms with E-state index >= 15 is 0 Å². The lowest BCUT2D eigenvalue weighted by Gasteiger charge is -2.25. The minimum atomic E-state index is -0.822. The lowest BCUT2D eigenvalue weighted by atomic mass is 9.95. The Morgan fingerprint density at radius 1 is 1.18 bits per heavy atom. The molecule has 0 N–H and O–H groups in total. The molecule has 0 radical (unpaired) electrons. The van der Waals surface area contributed by atoms with Crippen molar-refractivity contribution in [2.45, 2.75) is 19.9 Å². The second kappa shape index (κ2) is 10.5. The van der Waals surface area contributed by atoms with Crippen molar-refractivity contribution >= 4 is 29.1 Å². The van der Waals surface area contributed by atoms with E-state index in [9.17, 15) is 19.7 Å². The standard InChI is InChI=1S/C28H23N3O7S/c1-4-37-27(33)24-16(2)29-28-30(25(24)19-10-6-8-12-21(19)36-3)26(32)23(39-28)15-17-13-14-22(38-17)18-9-5-7-11-20(18)31(34)35/h5-15,25H,4H2,1-3H3. The van der Waals surface area contributed by atoms with Crippen molar-refractivity contribution in [1.29, 1.82) is 0 Å². The van der Waals surface area contributed by atoms with E-state index in [-0.39, 0.29) is 23.4 Å². The molecule has 1 aliphatic heterocycles. The van der Waals surface area contributed by atoms with Crippen LogP contribution in [0.5, 0.6) is 5.75 Å². The second-order valence-corrected chi connectivity index (χ2v) is 9.53. The highest BCUT2D eigenvalue weighted by Crippen LogP contribution is 2.36. The smallest absolute Gasteiger partial charge is 0.338 e. The van der Waals surface area contributed by atoms with E-state index < -0.39 is 16.9 Å². The molecule has 39 heavy (non-hydrogen) atoms. The lowest BCUT2D eigenvalue weighted by Crippen LogP contribution is -2.40. The zero-order valence-electron chi connectivity index (χ0n) is 21.2. The molecule has 198 valence electrons. The van der Waals surface area contributed by atoms with Gasteiger partial charge in [-0.2, -0.15) is 0 Å². The molecule has 0 aliphatic carbocycles. The SMILES string of the molecule is CCOC(=O)C1=C(C)N=c2sc(=Cc3ccc(-c4ccccc4[N+](=O)[O-])o3)c(=O)n2C1c1ccccc1OC. The van der Waals surface area contributed by atoms with Gasteiger partial charge < -0.3 is 13.9 Å². The van der Waals surface area contributed by atoms with Crippen LogP contribution in [0.25, 0.3) is 17.4 Å². The first-order valence-electron chi connectivity index (χ1n) is 12.0. The molecule has 0 amide bonds. The van der Waals surface area contributed by atoms with E-state index in [0.717, 1.165) is 11.3 Å². The van der Waals surface area contributed by atoms with Crippen molar-refractivity contribution in [2.24, 2.45) is 4.99 Å². The molecule has 10 nitrogen and oxygen atoms in total. The fraction of sp³-hybridized carbons (Fsp3) is 0.179. The minimum Gasteiger partial charge on any atom is -0.496 e. The number of esters is 1. The summed E-state index contributed by atoms with van der Waals surface area (Å²) in [7, 11) is 1.52. The van der Waals surface area contributed by atoms with Gasteiger partial charge in [-0.1, -0.05) is 41.7 Å². The number of carbonyl (C=O) groups is 1. The number of nitro groups is 1. The number of furan rings is 1. The summed E-state index contributed by atoms with van der Waals surface area (Å²) in [6.07, 6.45) is 1.56. The van der Waals surface area contributed by atoms with Crippen molar-refractivity contribution in [3.63, 3.8) is 0 Å². The Labute approximate surface area is 225 Å². The quantitative estimate of drug-likeness (QED) is 0.195. The summed E-state index contributed by atoms with van der Waals surface area (Å²) < 4.78 is 18.5. The molecule has 2 aromatic heterocycles. The molecule has 0 saturated carbocycles. The Hall–Kier alpha value is -4.77. The van der Waals surface area contributed by atoms with Crippen LogP contribution >= 0.6 is 11.3 Å². The van der Waals surface area contributed by atoms with Crippen LogP contribution < -0.4 is 19.6 Å². The molecule has 3 heterocycles. The highest BCUT2D eigenvalue weighted by molar-refractivity contribution is 7.07. The fourth-order valence-corrected chi connectivity index (χ4v) is 5.55. The number of carbonyl (C=O) groups excluding carboxylic acids is 1. The summed E-state index contributed by atoms with van der Waals surface area (Å²) in [4.78, 5) is 42.8. The van der Waals surface area contributed by atoms with E-state index in [1.807, 2.05) is 0 Å². The first kappa shape index (κ1) is 25.9. The van der Waals surface area contributed by atoms with Crippen LogP contribution in [-0.2, 0) is 9.53 Å². The third-order valence-electron chi connectivity index (χ3n) is 6.22. The molecule has 1 atom stereocenters. The molecule has 0 fully saturated rings. The molecule has 2 aromatic carbocycles. The highest BCUT2D eigenvalue weighted by Gasteiger charge is 2.35. The number of hydrogen-bond donors (Lipinski definition) is 0. The molecule has 0 bridgehead atoms. The number of benzene rings is 2. The zero-order valence-corrected chi connectivity index (χ0v) is 22.1. The molecule has 1 unspecified atom stereocenters. The van der Waals surface area contributed by atoms with Crippen LogP contribution in [0.15, 0.2) is 86.1 Å². The number of nitrogens with zero attached hydrogens (tertiary/aromatic N) is 3. The van der Waals surface area contributed by atoms with Gasteiger partial charge in [0.2, 0.25) is 0 Å². The van der Waals surface area contributed by atoms with E-state index in [4.69, 9.17) is 13.9 Å². The Balaban J connectivity index is 1.66. The minimum absolute atomic E-state index is 0.0865. The number of nitro benzene ring substituents is 1. The van der Waals surface area contributed by atoms with Gasteiger partial charge in [0.25, 0.3) is 11.2 Å². The summed E-state index contributed by atoms with van der Waals surface area (Å²) in [6, 6.07) is 15.9. The van der Waals surface area contributed by atoms with Gasteiger partial charge in [-0.15, -0.1) is 0 Å². The van der Waals surface area contributed by atoms with Gasteiger partial charge in [-0.05, 0) is 38.1 Å². The molecule has 4 aromatic rings. The number of allylic oxidation sites excluding steroid dienone is 1. The Morgan fingerprint density at radius 2 is 1.92 bits per heavy atom. The summed E-state index contributed by atoms with van der Waals surface area (Å²) in [5, 5.41) is 11.4. The van der Waals surface area contributed by atoms with E-state index in [1.165, 1.54) is 17.7 Å². The van der Waals surface area contributed by atoms with Gasteiger partial charge in [-0.3, -0.25) is 19.5 Å². The maximum absolute atomic E-state index is 13.8. The zero-order chi connectivity index (χ0) is 27.7. The normalized spacial score (nSPS) is 15.1. The van der Waals surface area contributed by atoms with Gasteiger partial charge in [0.1, 0.15) is 23.3 Å². The summed E-state index contributed by atoms with van der Waals surface area (Å²) in [5.41, 5.74) is 1.16. The molecule has 0 saturated heterocycles. The lowest BCUT2D eigenvalue weighted by molar-refractivity contribution is -0.384. The van der Waals surface area contributed by atoms with Crippen molar-refractivity contribution in [3.05, 3.63) is 113 Å². The van der Waals surface area contributed by atoms with Crippen molar-refractivity contribution in [3.8, 4) is 17.1 Å². The van der Waals surface area contributed by atoms with Crippen LogP contribution in [0.1, 0.15) is 31.2 Å². The van der Waals surface area contributed by atoms with Crippen molar-refractivity contribution in [1.82, 2.24) is 4.57 Å². The predicted molar refractivity (Wildman–Crippen MR) is 144 cm³/mol. The highest BCUT2D eigenvalue weighted by atomic mass is 32.1. The number of ether oxygens (including phenoxy) is 2. The van der Waals surface area contributed by atoms with Gasteiger partial charge >= 0.3 is 5.97 Å². The average molecular weight is 546 g/mol. The summed E-state index contributed by atoms with van der Waals surface area (Å²) in [5.74, 6) is 0.579. The molecule has 0 spiro atoms. The largest absolute Gasteiger partial charge is 0.496 e. The first-order valence-corrected chi connectivity index (χ1v) is 12.8. The number of aromatic nitrogens is 1. The van der Waals surface area contributed by atoms with E-state index in [1.54, 1.807) is 74.5 Å². The monoisotopic (exact) mass is 545 g/mol. The van der Waals surface area contributed by atoms with Crippen LogP contribution in [0, 0.1) is 10.1 Å². The Kier molecular flexibility index (Phi) is 6.99. The fourth-order valence-electron chi connectivity index (χ4n) is 4.52. The average Bonchev–Trinajstić information content (AvgIpc) is 3.52. The van der Waals surface area contributed by atoms with Gasteiger partial charge in [-0.25, -0.2) is 9.79 Å². The number of hydrogen-bond acceptors (Lipinski definition) is 9. The number of methoxy groups -OCH3 is 1. The van der Waals surface area contributed by atoms with Gasteiger partial charge in [0.05, 0.1) is 40.0 Å². The Morgan fingerprint density at radius 3 is 2.67 bits per heavy atom. The number of rotatable bonds is 7.